The van der Waals surface area contributed by atoms with E-state index in [1.165, 1.54) is 10.4 Å². The summed E-state index contributed by atoms with van der Waals surface area (Å²) in [5.41, 5.74) is 1.33. The van der Waals surface area contributed by atoms with Crippen LogP contribution < -0.4 is 0 Å². The zero-order valence-electron chi connectivity index (χ0n) is 14.1. The fraction of sp³-hybridized carbons (Fsp3) is 0.556. The van der Waals surface area contributed by atoms with Gasteiger partial charge >= 0.3 is 0 Å². The fourth-order valence-electron chi connectivity index (χ4n) is 4.03. The van der Waals surface area contributed by atoms with Gasteiger partial charge in [0.15, 0.2) is 0 Å². The summed E-state index contributed by atoms with van der Waals surface area (Å²) in [5, 5.41) is 6.46. The lowest BCUT2D eigenvalue weighted by Crippen LogP contribution is -2.50. The van der Waals surface area contributed by atoms with Gasteiger partial charge in [-0.25, -0.2) is 0 Å². The first-order chi connectivity index (χ1) is 11.7. The number of carbonyl (C=O) groups is 1. The van der Waals surface area contributed by atoms with Crippen molar-refractivity contribution in [1.82, 2.24) is 19.6 Å². The van der Waals surface area contributed by atoms with Crippen LogP contribution in [0, 0.1) is 0 Å². The second-order valence-corrected chi connectivity index (χ2v) is 7.82. The molecule has 4 rings (SSSR count). The van der Waals surface area contributed by atoms with E-state index in [2.05, 4.69) is 28.4 Å². The monoisotopic (exact) mass is 344 g/mol. The second kappa shape index (κ2) is 6.69. The number of fused-ring (bicyclic) bond motifs is 1. The summed E-state index contributed by atoms with van der Waals surface area (Å²) >= 11 is 1.82. The van der Waals surface area contributed by atoms with Crippen molar-refractivity contribution in [2.75, 3.05) is 13.1 Å². The average Bonchev–Trinajstić information content (AvgIpc) is 3.34. The Labute approximate surface area is 146 Å². The summed E-state index contributed by atoms with van der Waals surface area (Å²) in [4.78, 5) is 18.9. The van der Waals surface area contributed by atoms with Crippen molar-refractivity contribution in [1.29, 1.82) is 0 Å². The molecule has 0 aromatic carbocycles. The molecule has 2 aliphatic heterocycles. The molecule has 24 heavy (non-hydrogen) atoms. The smallest absolute Gasteiger partial charge is 0.239 e. The summed E-state index contributed by atoms with van der Waals surface area (Å²) in [6.07, 6.45) is 7.14. The number of amides is 1. The molecule has 0 aliphatic carbocycles. The first kappa shape index (κ1) is 15.8. The lowest BCUT2D eigenvalue weighted by atomic mass is 10.1. The largest absolute Gasteiger partial charge is 0.337 e. The molecule has 5 nitrogen and oxygen atoms in total. The predicted molar refractivity (Wildman–Crippen MR) is 94.9 cm³/mol. The van der Waals surface area contributed by atoms with E-state index in [0.29, 0.717) is 6.04 Å². The topological polar surface area (TPSA) is 41.4 Å². The maximum absolute atomic E-state index is 13.0. The highest BCUT2D eigenvalue weighted by molar-refractivity contribution is 7.10. The SMILES string of the molecule is C[C@H](C(=O)N1CCc2sccc2C1)N1CCC[C@H]1Cn1cccn1. The second-order valence-electron chi connectivity index (χ2n) is 6.82. The van der Waals surface area contributed by atoms with Crippen LogP contribution in [0.15, 0.2) is 29.9 Å². The molecule has 0 N–H and O–H groups in total. The minimum atomic E-state index is -0.0479. The highest BCUT2D eigenvalue weighted by Gasteiger charge is 2.35. The van der Waals surface area contributed by atoms with E-state index in [9.17, 15) is 4.79 Å². The Bertz CT molecular complexity index is 696. The van der Waals surface area contributed by atoms with Crippen molar-refractivity contribution in [3.05, 3.63) is 40.3 Å². The number of aromatic nitrogens is 2. The van der Waals surface area contributed by atoms with E-state index in [0.717, 1.165) is 45.4 Å². The Kier molecular flexibility index (Phi) is 4.41. The van der Waals surface area contributed by atoms with E-state index in [-0.39, 0.29) is 11.9 Å². The van der Waals surface area contributed by atoms with Gasteiger partial charge in [-0.05, 0) is 55.8 Å². The van der Waals surface area contributed by atoms with Crippen LogP contribution in [0.2, 0.25) is 0 Å². The Balaban J connectivity index is 1.42. The Morgan fingerprint density at radius 1 is 1.46 bits per heavy atom. The van der Waals surface area contributed by atoms with Gasteiger partial charge in [-0.15, -0.1) is 11.3 Å². The number of hydrogen-bond acceptors (Lipinski definition) is 4. The first-order valence-corrected chi connectivity index (χ1v) is 9.67. The molecule has 2 aromatic heterocycles. The van der Waals surface area contributed by atoms with Crippen LogP contribution in [0.1, 0.15) is 30.2 Å². The van der Waals surface area contributed by atoms with Crippen LogP contribution in [-0.2, 0) is 24.3 Å². The maximum atomic E-state index is 13.0. The van der Waals surface area contributed by atoms with Gasteiger partial charge in [0.25, 0.3) is 0 Å². The summed E-state index contributed by atoms with van der Waals surface area (Å²) in [6, 6.07) is 4.49. The quantitative estimate of drug-likeness (QED) is 0.855. The Morgan fingerprint density at radius 2 is 2.38 bits per heavy atom. The van der Waals surface area contributed by atoms with Gasteiger partial charge in [-0.3, -0.25) is 14.4 Å². The molecule has 1 fully saturated rings. The third kappa shape index (κ3) is 3.00. The lowest BCUT2D eigenvalue weighted by Gasteiger charge is -2.35. The molecule has 0 spiro atoms. The first-order valence-electron chi connectivity index (χ1n) is 8.79. The number of thiophene rings is 1. The molecule has 0 unspecified atom stereocenters. The maximum Gasteiger partial charge on any atom is 0.239 e. The van der Waals surface area contributed by atoms with Crippen molar-refractivity contribution >= 4 is 17.2 Å². The molecule has 2 aromatic rings. The zero-order chi connectivity index (χ0) is 16.5. The molecule has 4 heterocycles. The molecule has 0 radical (unpaired) electrons. The van der Waals surface area contributed by atoms with E-state index in [1.807, 2.05) is 39.4 Å². The van der Waals surface area contributed by atoms with E-state index in [1.54, 1.807) is 0 Å². The van der Waals surface area contributed by atoms with E-state index < -0.39 is 0 Å². The van der Waals surface area contributed by atoms with Crippen molar-refractivity contribution in [3.63, 3.8) is 0 Å². The highest BCUT2D eigenvalue weighted by atomic mass is 32.1. The molecule has 0 bridgehead atoms. The summed E-state index contributed by atoms with van der Waals surface area (Å²) in [5.74, 6) is 0.277. The lowest BCUT2D eigenvalue weighted by molar-refractivity contribution is -0.137. The van der Waals surface area contributed by atoms with E-state index >= 15 is 0 Å². The van der Waals surface area contributed by atoms with Crippen molar-refractivity contribution < 1.29 is 4.79 Å². The molecular formula is C18H24N4OS. The van der Waals surface area contributed by atoms with Gasteiger partial charge in [0.05, 0.1) is 12.6 Å². The number of hydrogen-bond donors (Lipinski definition) is 0. The molecule has 2 aliphatic rings. The van der Waals surface area contributed by atoms with Crippen LogP contribution in [0.4, 0.5) is 0 Å². The van der Waals surface area contributed by atoms with Crippen LogP contribution in [-0.4, -0.2) is 50.7 Å². The third-order valence-corrected chi connectivity index (χ3v) is 6.38. The zero-order valence-corrected chi connectivity index (χ0v) is 14.9. The van der Waals surface area contributed by atoms with Crippen molar-refractivity contribution in [3.8, 4) is 0 Å². The number of nitrogens with zero attached hydrogens (tertiary/aromatic N) is 4. The third-order valence-electron chi connectivity index (χ3n) is 5.35. The molecular weight excluding hydrogens is 320 g/mol. The Morgan fingerprint density at radius 3 is 3.21 bits per heavy atom. The molecule has 1 amide bonds. The standard InChI is InChI=1S/C18H24N4OS/c1-14(18(23)20-10-5-17-15(12-20)6-11-24-17)22-9-2-4-16(22)13-21-8-3-7-19-21/h3,6-8,11,14,16H,2,4-5,9-10,12-13H2,1H3/t14-,16+/m1/s1. The number of carbonyl (C=O) groups excluding carboxylic acids is 1. The van der Waals surface area contributed by atoms with Crippen molar-refractivity contribution in [2.24, 2.45) is 0 Å². The summed E-state index contributed by atoms with van der Waals surface area (Å²) in [6.45, 7) is 5.59. The van der Waals surface area contributed by atoms with Gasteiger partial charge < -0.3 is 4.90 Å². The van der Waals surface area contributed by atoms with Crippen LogP contribution in [0.5, 0.6) is 0 Å². The number of rotatable bonds is 4. The minimum Gasteiger partial charge on any atom is -0.337 e. The minimum absolute atomic E-state index is 0.0479. The van der Waals surface area contributed by atoms with Gasteiger partial charge in [-0.2, -0.15) is 5.10 Å². The van der Waals surface area contributed by atoms with Crippen molar-refractivity contribution in [2.45, 2.75) is 51.4 Å². The van der Waals surface area contributed by atoms with Gasteiger partial charge in [0.1, 0.15) is 0 Å². The fourth-order valence-corrected chi connectivity index (χ4v) is 4.92. The summed E-state index contributed by atoms with van der Waals surface area (Å²) < 4.78 is 1.98. The molecule has 128 valence electrons. The molecule has 0 saturated carbocycles. The van der Waals surface area contributed by atoms with Crippen LogP contribution in [0.3, 0.4) is 0 Å². The molecule has 6 heteroatoms. The molecule has 2 atom stereocenters. The predicted octanol–water partition coefficient (Wildman–Crippen LogP) is 2.38. The van der Waals surface area contributed by atoms with Crippen LogP contribution >= 0.6 is 11.3 Å². The highest BCUT2D eigenvalue weighted by Crippen LogP contribution is 2.27. The average molecular weight is 344 g/mol. The van der Waals surface area contributed by atoms with Gasteiger partial charge in [-0.1, -0.05) is 0 Å². The van der Waals surface area contributed by atoms with E-state index in [4.69, 9.17) is 0 Å². The molecule has 1 saturated heterocycles. The van der Waals surface area contributed by atoms with Gasteiger partial charge in [0.2, 0.25) is 5.91 Å². The normalized spacial score (nSPS) is 22.5. The number of likely N-dealkylation sites (tertiary alicyclic amines) is 1. The van der Waals surface area contributed by atoms with Gasteiger partial charge in [0, 0.05) is 36.4 Å². The summed E-state index contributed by atoms with van der Waals surface area (Å²) in [7, 11) is 0. The van der Waals surface area contributed by atoms with Crippen LogP contribution in [0.25, 0.3) is 0 Å². The Hall–Kier alpha value is -1.66.